The first kappa shape index (κ1) is 18.8. The standard InChI is InChI=1S/C17H14F3N3O3S2/c18-12-7-10-3-5-21-16(24)11(10)8-13(12)22-28(25,26)15-2-1-14(27-15)23-6-4-17(19,20)9-23/h1-3,5,7-8,22H,4,6,9H2,(H,21,24). The molecule has 0 bridgehead atoms. The molecule has 148 valence electrons. The summed E-state index contributed by atoms with van der Waals surface area (Å²) in [6, 6.07) is 6.41. The van der Waals surface area contributed by atoms with Gasteiger partial charge in [-0.15, -0.1) is 11.3 Å². The number of thiophene rings is 1. The Balaban J connectivity index is 1.63. The monoisotopic (exact) mass is 429 g/mol. The lowest BCUT2D eigenvalue weighted by atomic mass is 10.1. The summed E-state index contributed by atoms with van der Waals surface area (Å²) < 4.78 is 68.3. The van der Waals surface area contributed by atoms with Crippen molar-refractivity contribution in [2.75, 3.05) is 22.7 Å². The maximum absolute atomic E-state index is 14.3. The van der Waals surface area contributed by atoms with Gasteiger partial charge in [0, 0.05) is 24.5 Å². The van der Waals surface area contributed by atoms with Crippen molar-refractivity contribution in [2.45, 2.75) is 16.6 Å². The highest BCUT2D eigenvalue weighted by Gasteiger charge is 2.39. The van der Waals surface area contributed by atoms with E-state index in [0.717, 1.165) is 23.5 Å². The molecule has 0 saturated carbocycles. The number of benzene rings is 1. The molecular weight excluding hydrogens is 415 g/mol. The molecule has 1 aliphatic rings. The second-order valence-electron chi connectivity index (χ2n) is 6.45. The molecule has 3 aromatic rings. The first-order chi connectivity index (χ1) is 13.1. The third-order valence-electron chi connectivity index (χ3n) is 4.42. The number of fused-ring (bicyclic) bond motifs is 1. The number of nitrogens with one attached hydrogen (secondary N) is 2. The Kier molecular flexibility index (Phi) is 4.38. The van der Waals surface area contributed by atoms with Crippen molar-refractivity contribution in [3.8, 4) is 0 Å². The van der Waals surface area contributed by atoms with E-state index in [1.54, 1.807) is 0 Å². The van der Waals surface area contributed by atoms with E-state index in [2.05, 4.69) is 9.71 Å². The van der Waals surface area contributed by atoms with Gasteiger partial charge >= 0.3 is 0 Å². The van der Waals surface area contributed by atoms with Crippen LogP contribution in [0.5, 0.6) is 0 Å². The minimum absolute atomic E-state index is 0.127. The highest BCUT2D eigenvalue weighted by atomic mass is 32.2. The summed E-state index contributed by atoms with van der Waals surface area (Å²) in [5.74, 6) is -3.64. The molecule has 0 radical (unpaired) electrons. The highest BCUT2D eigenvalue weighted by molar-refractivity contribution is 7.94. The highest BCUT2D eigenvalue weighted by Crippen LogP contribution is 2.36. The fraction of sp³-hybridized carbons (Fsp3) is 0.235. The van der Waals surface area contributed by atoms with E-state index in [1.807, 2.05) is 0 Å². The molecule has 1 aliphatic heterocycles. The van der Waals surface area contributed by atoms with Gasteiger partial charge in [0.15, 0.2) is 0 Å². The van der Waals surface area contributed by atoms with Gasteiger partial charge in [-0.1, -0.05) is 0 Å². The molecule has 11 heteroatoms. The van der Waals surface area contributed by atoms with E-state index >= 15 is 0 Å². The summed E-state index contributed by atoms with van der Waals surface area (Å²) in [4.78, 5) is 15.7. The van der Waals surface area contributed by atoms with Gasteiger partial charge in [-0.3, -0.25) is 9.52 Å². The van der Waals surface area contributed by atoms with Crippen LogP contribution in [0.1, 0.15) is 6.42 Å². The van der Waals surface area contributed by atoms with E-state index < -0.39 is 33.9 Å². The van der Waals surface area contributed by atoms with Crippen LogP contribution in [0.4, 0.5) is 23.9 Å². The number of anilines is 2. The van der Waals surface area contributed by atoms with Gasteiger partial charge in [0.2, 0.25) is 0 Å². The van der Waals surface area contributed by atoms with E-state index in [0.29, 0.717) is 10.4 Å². The average molecular weight is 429 g/mol. The number of H-pyrrole nitrogens is 1. The number of alkyl halides is 2. The second kappa shape index (κ2) is 6.52. The molecule has 4 rings (SSSR count). The fourth-order valence-electron chi connectivity index (χ4n) is 3.03. The van der Waals surface area contributed by atoms with Gasteiger partial charge in [0.05, 0.1) is 17.2 Å². The molecule has 0 aliphatic carbocycles. The number of hydrogen-bond acceptors (Lipinski definition) is 5. The first-order valence-corrected chi connectivity index (χ1v) is 10.5. The Morgan fingerprint density at radius 2 is 2.00 bits per heavy atom. The SMILES string of the molecule is O=c1[nH]ccc2cc(F)c(NS(=O)(=O)c3ccc(N4CCC(F)(F)C4)s3)cc12. The quantitative estimate of drug-likeness (QED) is 0.666. The molecule has 0 amide bonds. The number of aromatic amines is 1. The molecular formula is C17H14F3N3O3S2. The van der Waals surface area contributed by atoms with Gasteiger partial charge in [-0.2, -0.15) is 0 Å². The lowest BCUT2D eigenvalue weighted by Crippen LogP contribution is -2.24. The van der Waals surface area contributed by atoms with Crippen molar-refractivity contribution >= 4 is 42.8 Å². The molecule has 28 heavy (non-hydrogen) atoms. The van der Waals surface area contributed by atoms with Crippen molar-refractivity contribution in [3.63, 3.8) is 0 Å². The van der Waals surface area contributed by atoms with Crippen LogP contribution in [-0.4, -0.2) is 32.4 Å². The van der Waals surface area contributed by atoms with Crippen LogP contribution in [0.15, 0.2) is 45.5 Å². The maximum atomic E-state index is 14.3. The van der Waals surface area contributed by atoms with Crippen LogP contribution >= 0.6 is 11.3 Å². The summed E-state index contributed by atoms with van der Waals surface area (Å²) in [7, 11) is -4.15. The molecule has 0 unspecified atom stereocenters. The lowest BCUT2D eigenvalue weighted by Gasteiger charge is -2.15. The normalized spacial score (nSPS) is 16.6. The summed E-state index contributed by atoms with van der Waals surface area (Å²) in [6.07, 6.45) is 1.07. The third-order valence-corrected chi connectivity index (χ3v) is 7.42. The molecule has 0 spiro atoms. The number of aromatic nitrogens is 1. The Morgan fingerprint density at radius 1 is 1.21 bits per heavy atom. The molecule has 0 atom stereocenters. The predicted molar refractivity (Wildman–Crippen MR) is 101 cm³/mol. The van der Waals surface area contributed by atoms with Crippen LogP contribution in [0.3, 0.4) is 0 Å². The number of nitrogens with zero attached hydrogens (tertiary/aromatic N) is 1. The van der Waals surface area contributed by atoms with Crippen LogP contribution in [0.2, 0.25) is 0 Å². The van der Waals surface area contributed by atoms with Gasteiger partial charge in [-0.25, -0.2) is 21.6 Å². The molecule has 1 fully saturated rings. The molecule has 6 nitrogen and oxygen atoms in total. The van der Waals surface area contributed by atoms with Gasteiger partial charge < -0.3 is 9.88 Å². The number of rotatable bonds is 4. The van der Waals surface area contributed by atoms with E-state index in [1.165, 1.54) is 29.3 Å². The maximum Gasteiger partial charge on any atom is 0.271 e. The first-order valence-electron chi connectivity index (χ1n) is 8.21. The Labute approximate surface area is 161 Å². The number of hydrogen-bond donors (Lipinski definition) is 2. The average Bonchev–Trinajstić information content (AvgIpc) is 3.23. The predicted octanol–water partition coefficient (Wildman–Crippen LogP) is 3.37. The fourth-order valence-corrected chi connectivity index (χ4v) is 5.41. The van der Waals surface area contributed by atoms with Crippen molar-refractivity contribution in [1.29, 1.82) is 0 Å². The van der Waals surface area contributed by atoms with E-state index in [-0.39, 0.29) is 28.2 Å². The summed E-state index contributed by atoms with van der Waals surface area (Å²) in [6.45, 7) is -0.342. The van der Waals surface area contributed by atoms with Gasteiger partial charge in [0.1, 0.15) is 10.0 Å². The van der Waals surface area contributed by atoms with Gasteiger partial charge in [-0.05, 0) is 35.7 Å². The van der Waals surface area contributed by atoms with Crippen LogP contribution in [-0.2, 0) is 10.0 Å². The zero-order chi connectivity index (χ0) is 20.1. The minimum atomic E-state index is -4.15. The number of halogens is 3. The third kappa shape index (κ3) is 3.47. The van der Waals surface area contributed by atoms with Crippen molar-refractivity contribution in [3.05, 3.63) is 52.7 Å². The Hall–Kier alpha value is -2.53. The summed E-state index contributed by atoms with van der Waals surface area (Å²) in [5, 5.41) is 0.860. The molecule has 2 aromatic heterocycles. The second-order valence-corrected chi connectivity index (χ2v) is 9.42. The Bertz CT molecular complexity index is 1220. The minimum Gasteiger partial charge on any atom is -0.357 e. The van der Waals surface area contributed by atoms with Crippen molar-refractivity contribution in [1.82, 2.24) is 4.98 Å². The zero-order valence-corrected chi connectivity index (χ0v) is 15.8. The van der Waals surface area contributed by atoms with Gasteiger partial charge in [0.25, 0.3) is 21.5 Å². The molecule has 2 N–H and O–H groups in total. The Morgan fingerprint density at radius 3 is 2.71 bits per heavy atom. The molecule has 1 saturated heterocycles. The van der Waals surface area contributed by atoms with Crippen LogP contribution in [0, 0.1) is 5.82 Å². The van der Waals surface area contributed by atoms with E-state index in [4.69, 9.17) is 0 Å². The van der Waals surface area contributed by atoms with Crippen molar-refractivity contribution in [2.24, 2.45) is 0 Å². The largest absolute Gasteiger partial charge is 0.357 e. The number of pyridine rings is 1. The molecule has 3 heterocycles. The lowest BCUT2D eigenvalue weighted by molar-refractivity contribution is 0.0257. The van der Waals surface area contributed by atoms with E-state index in [9.17, 15) is 26.4 Å². The summed E-state index contributed by atoms with van der Waals surface area (Å²) >= 11 is 0.821. The molecule has 1 aromatic carbocycles. The van der Waals surface area contributed by atoms with Crippen molar-refractivity contribution < 1.29 is 21.6 Å². The summed E-state index contributed by atoms with van der Waals surface area (Å²) in [5.41, 5.74) is -0.849. The van der Waals surface area contributed by atoms with Crippen LogP contribution < -0.4 is 15.2 Å². The topological polar surface area (TPSA) is 82.3 Å². The van der Waals surface area contributed by atoms with Crippen LogP contribution in [0.25, 0.3) is 10.8 Å². The smallest absolute Gasteiger partial charge is 0.271 e. The zero-order valence-electron chi connectivity index (χ0n) is 14.2. The number of sulfonamides is 1.